The fourth-order valence-corrected chi connectivity index (χ4v) is 5.00. The number of imidazole rings is 1. The predicted molar refractivity (Wildman–Crippen MR) is 132 cm³/mol. The van der Waals surface area contributed by atoms with Crippen molar-refractivity contribution in [3.8, 4) is 0 Å². The van der Waals surface area contributed by atoms with Crippen LogP contribution in [0.4, 0.5) is 5.82 Å². The van der Waals surface area contributed by atoms with Crippen LogP contribution in [0, 0.1) is 5.92 Å². The smallest absolute Gasteiger partial charge is 0.255 e. The minimum Gasteiger partial charge on any atom is -0.355 e. The van der Waals surface area contributed by atoms with E-state index in [1.165, 1.54) is 12.8 Å². The summed E-state index contributed by atoms with van der Waals surface area (Å²) in [7, 11) is 2.18. The third kappa shape index (κ3) is 3.70. The Hall–Kier alpha value is -3.19. The number of benzene rings is 1. The molecule has 1 atom stereocenters. The van der Waals surface area contributed by atoms with E-state index >= 15 is 0 Å². The molecule has 2 aliphatic rings. The van der Waals surface area contributed by atoms with Crippen LogP contribution in [0.3, 0.4) is 0 Å². The maximum Gasteiger partial charge on any atom is 0.255 e. The summed E-state index contributed by atoms with van der Waals surface area (Å²) in [5.41, 5.74) is 3.97. The lowest BCUT2D eigenvalue weighted by atomic mass is 10.1. The molecular weight excluding hydrogens is 412 g/mol. The predicted octanol–water partition coefficient (Wildman–Crippen LogP) is 3.71. The van der Waals surface area contributed by atoms with Crippen molar-refractivity contribution in [2.45, 2.75) is 32.2 Å². The molecule has 1 aliphatic carbocycles. The number of hydrogen-bond donors (Lipinski definition) is 1. The highest BCUT2D eigenvalue weighted by Gasteiger charge is 2.30. The number of nitrogens with zero attached hydrogens (tertiary/aromatic N) is 5. The summed E-state index contributed by atoms with van der Waals surface area (Å²) in [5, 5.41) is 4.16. The zero-order valence-corrected chi connectivity index (χ0v) is 19.3. The maximum absolute atomic E-state index is 13.3. The molecule has 1 N–H and O–H groups in total. The summed E-state index contributed by atoms with van der Waals surface area (Å²) in [6.07, 6.45) is 3.51. The van der Waals surface area contributed by atoms with Crippen LogP contribution in [-0.4, -0.2) is 64.4 Å². The van der Waals surface area contributed by atoms with Crippen LogP contribution in [0.15, 0.2) is 42.5 Å². The average molecular weight is 443 g/mol. The van der Waals surface area contributed by atoms with Crippen LogP contribution >= 0.6 is 0 Å². The molecule has 1 saturated carbocycles. The van der Waals surface area contributed by atoms with Crippen molar-refractivity contribution in [3.05, 3.63) is 48.0 Å². The molecular formula is C26H30N6O. The fourth-order valence-electron chi connectivity index (χ4n) is 5.00. The maximum atomic E-state index is 13.3. The second-order valence-corrected chi connectivity index (χ2v) is 9.64. The Kier molecular flexibility index (Phi) is 4.94. The van der Waals surface area contributed by atoms with E-state index in [0.29, 0.717) is 17.1 Å². The van der Waals surface area contributed by atoms with Gasteiger partial charge in [-0.15, -0.1) is 0 Å². The third-order valence-corrected chi connectivity index (χ3v) is 7.18. The van der Waals surface area contributed by atoms with Crippen LogP contribution < -0.4 is 10.2 Å². The molecule has 170 valence electrons. The lowest BCUT2D eigenvalue weighted by molar-refractivity contribution is 0.0937. The minimum atomic E-state index is -0.0590. The minimum absolute atomic E-state index is 0.0590. The Morgan fingerprint density at radius 3 is 2.73 bits per heavy atom. The van der Waals surface area contributed by atoms with Gasteiger partial charge in [-0.05, 0) is 76.0 Å². The number of anilines is 1. The number of para-hydroxylation sites is 2. The van der Waals surface area contributed by atoms with E-state index < -0.39 is 0 Å². The van der Waals surface area contributed by atoms with Gasteiger partial charge in [0, 0.05) is 31.1 Å². The lowest BCUT2D eigenvalue weighted by Crippen LogP contribution is -2.34. The van der Waals surface area contributed by atoms with Crippen molar-refractivity contribution in [2.24, 2.45) is 5.92 Å². The van der Waals surface area contributed by atoms with E-state index in [1.54, 1.807) is 0 Å². The second-order valence-electron chi connectivity index (χ2n) is 9.64. The molecule has 33 heavy (non-hydrogen) atoms. The summed E-state index contributed by atoms with van der Waals surface area (Å²) in [5.74, 6) is 1.52. The molecule has 0 bridgehead atoms. The number of carbonyl (C=O) groups is 1. The van der Waals surface area contributed by atoms with E-state index in [2.05, 4.69) is 51.7 Å². The van der Waals surface area contributed by atoms with Crippen molar-refractivity contribution < 1.29 is 4.79 Å². The second kappa shape index (κ2) is 7.99. The van der Waals surface area contributed by atoms with Gasteiger partial charge in [0.2, 0.25) is 0 Å². The average Bonchev–Trinajstić information content (AvgIpc) is 3.63. The highest BCUT2D eigenvalue weighted by molar-refractivity contribution is 6.05. The summed E-state index contributed by atoms with van der Waals surface area (Å²) >= 11 is 0. The molecule has 1 amide bonds. The molecule has 1 aromatic carbocycles. The number of pyridine rings is 2. The number of hydrogen-bond acceptors (Lipinski definition) is 5. The summed E-state index contributed by atoms with van der Waals surface area (Å²) < 4.78 is 2.06. The Bertz CT molecular complexity index is 1360. The van der Waals surface area contributed by atoms with Crippen molar-refractivity contribution in [2.75, 3.05) is 38.1 Å². The first kappa shape index (κ1) is 20.4. The van der Waals surface area contributed by atoms with E-state index in [0.717, 1.165) is 60.5 Å². The molecule has 0 radical (unpaired) electrons. The van der Waals surface area contributed by atoms with Crippen molar-refractivity contribution in [1.29, 1.82) is 0 Å². The SMILES string of the molecule is CC(NC(=O)c1cc2ccc(N3CCCN(C)CC3)nc2n2c1nc1ccccc12)C1CC1. The zero-order chi connectivity index (χ0) is 22.5. The fraction of sp³-hybridized carbons (Fsp3) is 0.423. The molecule has 1 unspecified atom stereocenters. The van der Waals surface area contributed by atoms with Crippen LogP contribution in [0.2, 0.25) is 0 Å². The van der Waals surface area contributed by atoms with Gasteiger partial charge in [-0.3, -0.25) is 9.20 Å². The molecule has 3 aromatic heterocycles. The lowest BCUT2D eigenvalue weighted by Gasteiger charge is -2.22. The van der Waals surface area contributed by atoms with Gasteiger partial charge in [-0.2, -0.15) is 0 Å². The number of nitrogens with one attached hydrogen (secondary N) is 1. The number of amides is 1. The van der Waals surface area contributed by atoms with Crippen LogP contribution in [0.25, 0.3) is 27.7 Å². The monoisotopic (exact) mass is 442 g/mol. The van der Waals surface area contributed by atoms with Crippen molar-refractivity contribution in [3.63, 3.8) is 0 Å². The first-order chi connectivity index (χ1) is 16.1. The molecule has 4 aromatic rings. The normalized spacial score (nSPS) is 18.7. The highest BCUT2D eigenvalue weighted by atomic mass is 16.1. The highest BCUT2D eigenvalue weighted by Crippen LogP contribution is 2.33. The molecule has 4 heterocycles. The molecule has 7 nitrogen and oxygen atoms in total. The van der Waals surface area contributed by atoms with Gasteiger partial charge in [0.15, 0.2) is 5.65 Å². The van der Waals surface area contributed by atoms with Gasteiger partial charge in [0.25, 0.3) is 5.91 Å². The van der Waals surface area contributed by atoms with Gasteiger partial charge >= 0.3 is 0 Å². The van der Waals surface area contributed by atoms with Crippen molar-refractivity contribution in [1.82, 2.24) is 24.6 Å². The van der Waals surface area contributed by atoms with E-state index in [4.69, 9.17) is 9.97 Å². The Labute approximate surface area is 193 Å². The van der Waals surface area contributed by atoms with E-state index in [1.807, 2.05) is 24.3 Å². The molecule has 7 heteroatoms. The van der Waals surface area contributed by atoms with Gasteiger partial charge in [0.1, 0.15) is 11.5 Å². The summed E-state index contributed by atoms with van der Waals surface area (Å²) in [4.78, 5) is 28.0. The number of carbonyl (C=O) groups excluding carboxylic acids is 1. The molecule has 6 rings (SSSR count). The zero-order valence-electron chi connectivity index (χ0n) is 19.3. The number of fused-ring (bicyclic) bond motifs is 5. The van der Waals surface area contributed by atoms with Crippen LogP contribution in [-0.2, 0) is 0 Å². The van der Waals surface area contributed by atoms with Gasteiger partial charge in [-0.25, -0.2) is 9.97 Å². The first-order valence-electron chi connectivity index (χ1n) is 12.0. The standard InChI is InChI=1S/C26H30N6O/c1-17(18-8-9-18)27-26(33)20-16-19-10-11-23(31-13-5-12-30(2)14-15-31)29-24(19)32-22-7-4-3-6-21(22)28-25(20)32/h3-4,6-7,10-11,16-18H,5,8-9,12-15H2,1-2H3,(H,27,33). The number of likely N-dealkylation sites (N-methyl/N-ethyl adjacent to an activating group) is 1. The molecule has 1 aliphatic heterocycles. The Morgan fingerprint density at radius 2 is 1.88 bits per heavy atom. The van der Waals surface area contributed by atoms with Crippen LogP contribution in [0.5, 0.6) is 0 Å². The van der Waals surface area contributed by atoms with E-state index in [-0.39, 0.29) is 11.9 Å². The topological polar surface area (TPSA) is 65.8 Å². The van der Waals surface area contributed by atoms with Crippen molar-refractivity contribution >= 4 is 39.4 Å². The molecule has 1 saturated heterocycles. The molecule has 2 fully saturated rings. The summed E-state index contributed by atoms with van der Waals surface area (Å²) in [6, 6.07) is 14.4. The van der Waals surface area contributed by atoms with Crippen LogP contribution in [0.1, 0.15) is 36.5 Å². The molecule has 0 spiro atoms. The van der Waals surface area contributed by atoms with E-state index in [9.17, 15) is 4.79 Å². The Morgan fingerprint density at radius 1 is 1.03 bits per heavy atom. The van der Waals surface area contributed by atoms with Gasteiger partial charge < -0.3 is 15.1 Å². The third-order valence-electron chi connectivity index (χ3n) is 7.18. The first-order valence-corrected chi connectivity index (χ1v) is 12.0. The quantitative estimate of drug-likeness (QED) is 0.522. The number of aromatic nitrogens is 3. The summed E-state index contributed by atoms with van der Waals surface area (Å²) in [6.45, 7) is 6.20. The number of rotatable bonds is 4. The Balaban J connectivity index is 1.50. The van der Waals surface area contributed by atoms with Gasteiger partial charge in [-0.1, -0.05) is 12.1 Å². The van der Waals surface area contributed by atoms with Gasteiger partial charge in [0.05, 0.1) is 16.6 Å². The largest absolute Gasteiger partial charge is 0.355 e.